The van der Waals surface area contributed by atoms with E-state index in [1.165, 1.54) is 0 Å². The SMILES string of the molecule is CCC(Oc1ccc(C)c2c1C(=O)CC2)C(=O)[O-]. The molecule has 0 aromatic heterocycles. The number of ether oxygens (including phenoxy) is 1. The Hall–Kier alpha value is -1.84. The van der Waals surface area contributed by atoms with Crippen molar-refractivity contribution in [2.24, 2.45) is 0 Å². The smallest absolute Gasteiger partial charge is 0.167 e. The van der Waals surface area contributed by atoms with Crippen LogP contribution in [0.2, 0.25) is 0 Å². The molecule has 2 rings (SSSR count). The van der Waals surface area contributed by atoms with Gasteiger partial charge < -0.3 is 14.6 Å². The predicted octanol–water partition coefficient (Wildman–Crippen LogP) is 1.03. The number of rotatable bonds is 4. The number of ketones is 1. The second-order valence-corrected chi connectivity index (χ2v) is 4.49. The van der Waals surface area contributed by atoms with Gasteiger partial charge in [-0.1, -0.05) is 13.0 Å². The zero-order chi connectivity index (χ0) is 13.3. The zero-order valence-corrected chi connectivity index (χ0v) is 10.5. The van der Waals surface area contributed by atoms with Crippen LogP contribution in [0.1, 0.15) is 41.3 Å². The molecule has 1 aliphatic rings. The van der Waals surface area contributed by atoms with Crippen LogP contribution in [0.3, 0.4) is 0 Å². The largest absolute Gasteiger partial charge is 0.546 e. The lowest BCUT2D eigenvalue weighted by Crippen LogP contribution is -2.39. The molecule has 1 atom stereocenters. The molecule has 4 nitrogen and oxygen atoms in total. The average Bonchev–Trinajstić information content (AvgIpc) is 2.72. The minimum absolute atomic E-state index is 0.0249. The molecule has 96 valence electrons. The van der Waals surface area contributed by atoms with E-state index in [4.69, 9.17) is 4.74 Å². The number of aryl methyl sites for hydroxylation is 1. The lowest BCUT2D eigenvalue weighted by molar-refractivity contribution is -0.313. The summed E-state index contributed by atoms with van der Waals surface area (Å²) in [5, 5.41) is 10.9. The Morgan fingerprint density at radius 3 is 2.78 bits per heavy atom. The molecule has 0 aliphatic heterocycles. The predicted molar refractivity (Wildman–Crippen MR) is 63.5 cm³/mol. The minimum Gasteiger partial charge on any atom is -0.546 e. The summed E-state index contributed by atoms with van der Waals surface area (Å²) >= 11 is 0. The summed E-state index contributed by atoms with van der Waals surface area (Å²) in [6.07, 6.45) is 0.474. The van der Waals surface area contributed by atoms with Gasteiger partial charge in [-0.05, 0) is 37.0 Å². The first-order valence-electron chi connectivity index (χ1n) is 6.07. The molecule has 0 saturated heterocycles. The molecule has 1 aromatic carbocycles. The third kappa shape index (κ3) is 2.10. The number of hydrogen-bond donors (Lipinski definition) is 0. The summed E-state index contributed by atoms with van der Waals surface area (Å²) < 4.78 is 5.41. The van der Waals surface area contributed by atoms with Crippen molar-refractivity contribution >= 4 is 11.8 Å². The summed E-state index contributed by atoms with van der Waals surface area (Å²) in [7, 11) is 0. The van der Waals surface area contributed by atoms with Gasteiger partial charge in [-0.15, -0.1) is 0 Å². The Labute approximate surface area is 106 Å². The lowest BCUT2D eigenvalue weighted by atomic mass is 10.0. The van der Waals surface area contributed by atoms with Crippen molar-refractivity contribution in [2.75, 3.05) is 0 Å². The first-order valence-corrected chi connectivity index (χ1v) is 6.07. The van der Waals surface area contributed by atoms with Crippen molar-refractivity contribution in [3.8, 4) is 5.75 Å². The third-order valence-corrected chi connectivity index (χ3v) is 3.29. The van der Waals surface area contributed by atoms with Crippen LogP contribution in [0, 0.1) is 6.92 Å². The molecule has 0 saturated carbocycles. The second kappa shape index (κ2) is 4.80. The normalized spacial score (nSPS) is 15.3. The van der Waals surface area contributed by atoms with Gasteiger partial charge in [0.2, 0.25) is 0 Å². The van der Waals surface area contributed by atoms with E-state index < -0.39 is 12.1 Å². The quantitative estimate of drug-likeness (QED) is 0.797. The molecule has 1 aliphatic carbocycles. The summed E-state index contributed by atoms with van der Waals surface area (Å²) in [4.78, 5) is 22.7. The highest BCUT2D eigenvalue weighted by atomic mass is 16.5. The van der Waals surface area contributed by atoms with E-state index >= 15 is 0 Å². The van der Waals surface area contributed by atoms with Gasteiger partial charge in [0, 0.05) is 6.42 Å². The van der Waals surface area contributed by atoms with E-state index in [0.717, 1.165) is 11.1 Å². The van der Waals surface area contributed by atoms with Gasteiger partial charge in [-0.25, -0.2) is 0 Å². The monoisotopic (exact) mass is 247 g/mol. The van der Waals surface area contributed by atoms with Crippen LogP contribution in [-0.2, 0) is 11.2 Å². The van der Waals surface area contributed by atoms with E-state index in [2.05, 4.69) is 0 Å². The molecule has 0 fully saturated rings. The molecule has 0 bridgehead atoms. The van der Waals surface area contributed by atoms with Crippen molar-refractivity contribution in [2.45, 2.75) is 39.2 Å². The maximum atomic E-state index is 11.8. The van der Waals surface area contributed by atoms with Gasteiger partial charge >= 0.3 is 0 Å². The molecule has 0 N–H and O–H groups in total. The van der Waals surface area contributed by atoms with Gasteiger partial charge in [0.05, 0.1) is 11.5 Å². The van der Waals surface area contributed by atoms with E-state index in [0.29, 0.717) is 30.6 Å². The Bertz CT molecular complexity index is 505. The maximum Gasteiger partial charge on any atom is 0.167 e. The molecule has 0 heterocycles. The van der Waals surface area contributed by atoms with Gasteiger partial charge in [0.1, 0.15) is 11.9 Å². The van der Waals surface area contributed by atoms with Crippen LogP contribution in [0.5, 0.6) is 5.75 Å². The summed E-state index contributed by atoms with van der Waals surface area (Å²) in [6.45, 7) is 3.65. The Balaban J connectivity index is 2.38. The highest BCUT2D eigenvalue weighted by Gasteiger charge is 2.26. The number of carboxylic acid groups (broad SMARTS) is 1. The number of aliphatic carboxylic acids is 1. The van der Waals surface area contributed by atoms with Crippen LogP contribution in [0.4, 0.5) is 0 Å². The van der Waals surface area contributed by atoms with E-state index in [1.54, 1.807) is 13.0 Å². The first kappa shape index (κ1) is 12.6. The lowest BCUT2D eigenvalue weighted by Gasteiger charge is -2.20. The molecular weight excluding hydrogens is 232 g/mol. The molecule has 4 heteroatoms. The van der Waals surface area contributed by atoms with E-state index in [1.807, 2.05) is 13.0 Å². The van der Waals surface area contributed by atoms with Gasteiger partial charge in [-0.3, -0.25) is 4.79 Å². The number of carbonyl (C=O) groups excluding carboxylic acids is 2. The van der Waals surface area contributed by atoms with Crippen LogP contribution in [0.25, 0.3) is 0 Å². The Kier molecular flexibility index (Phi) is 3.36. The molecule has 0 amide bonds. The fourth-order valence-corrected chi connectivity index (χ4v) is 2.27. The van der Waals surface area contributed by atoms with Crippen LogP contribution in [0.15, 0.2) is 12.1 Å². The zero-order valence-electron chi connectivity index (χ0n) is 10.5. The van der Waals surface area contributed by atoms with Crippen LogP contribution >= 0.6 is 0 Å². The number of carbonyl (C=O) groups is 2. The summed E-state index contributed by atoms with van der Waals surface area (Å²) in [5.41, 5.74) is 2.57. The van der Waals surface area contributed by atoms with Crippen molar-refractivity contribution in [1.29, 1.82) is 0 Å². The van der Waals surface area contributed by atoms with E-state index in [9.17, 15) is 14.7 Å². The highest BCUT2D eigenvalue weighted by Crippen LogP contribution is 2.33. The highest BCUT2D eigenvalue weighted by molar-refractivity contribution is 6.03. The fraction of sp³-hybridized carbons (Fsp3) is 0.429. The Morgan fingerprint density at radius 2 is 2.17 bits per heavy atom. The minimum atomic E-state index is -1.25. The van der Waals surface area contributed by atoms with Crippen LogP contribution in [-0.4, -0.2) is 17.9 Å². The number of Topliss-reactive ketones (excluding diaryl/α,β-unsaturated/α-hetero) is 1. The van der Waals surface area contributed by atoms with Gasteiger partial charge in [0.25, 0.3) is 0 Å². The maximum absolute atomic E-state index is 11.8. The number of fused-ring (bicyclic) bond motifs is 1. The number of hydrogen-bond acceptors (Lipinski definition) is 4. The Morgan fingerprint density at radius 1 is 1.44 bits per heavy atom. The summed E-state index contributed by atoms with van der Waals surface area (Å²) in [6, 6.07) is 3.53. The summed E-state index contributed by atoms with van der Waals surface area (Å²) in [5.74, 6) is -0.858. The molecule has 0 radical (unpaired) electrons. The standard InChI is InChI=1S/C14H16O4/c1-3-11(14(16)17)18-12-7-4-8(2)9-5-6-10(15)13(9)12/h4,7,11H,3,5-6H2,1-2H3,(H,16,17)/p-1. The van der Waals surface area contributed by atoms with Crippen molar-refractivity contribution in [3.63, 3.8) is 0 Å². The molecular formula is C14H15O4-. The van der Waals surface area contributed by atoms with Crippen molar-refractivity contribution in [1.82, 2.24) is 0 Å². The molecule has 0 spiro atoms. The molecule has 18 heavy (non-hydrogen) atoms. The van der Waals surface area contributed by atoms with E-state index in [-0.39, 0.29) is 5.78 Å². The fourth-order valence-electron chi connectivity index (χ4n) is 2.27. The molecule has 1 unspecified atom stereocenters. The topological polar surface area (TPSA) is 66.4 Å². The van der Waals surface area contributed by atoms with Crippen molar-refractivity contribution < 1.29 is 19.4 Å². The van der Waals surface area contributed by atoms with Gasteiger partial charge in [-0.2, -0.15) is 0 Å². The third-order valence-electron chi connectivity index (χ3n) is 3.29. The number of carboxylic acids is 1. The average molecular weight is 247 g/mol. The van der Waals surface area contributed by atoms with Crippen molar-refractivity contribution in [3.05, 3.63) is 28.8 Å². The van der Waals surface area contributed by atoms with Gasteiger partial charge in [0.15, 0.2) is 5.78 Å². The first-order chi connectivity index (χ1) is 8.54. The number of benzene rings is 1. The second-order valence-electron chi connectivity index (χ2n) is 4.49. The van der Waals surface area contributed by atoms with Crippen LogP contribution < -0.4 is 9.84 Å². The molecule has 1 aromatic rings.